The fourth-order valence-electron chi connectivity index (χ4n) is 1.66. The molecule has 1 aromatic rings. The smallest absolute Gasteiger partial charge is 0.257 e. The van der Waals surface area contributed by atoms with E-state index in [2.05, 4.69) is 32.8 Å². The Labute approximate surface area is 104 Å². The van der Waals surface area contributed by atoms with Gasteiger partial charge in [0.25, 0.3) is 5.91 Å². The molecule has 0 aromatic carbocycles. The maximum atomic E-state index is 12.3. The number of aryl methyl sites for hydroxylation is 1. The van der Waals surface area contributed by atoms with Crippen LogP contribution in [0.3, 0.4) is 0 Å². The van der Waals surface area contributed by atoms with Crippen LogP contribution in [0.1, 0.15) is 43.7 Å². The molecule has 1 heterocycles. The van der Waals surface area contributed by atoms with E-state index >= 15 is 0 Å². The van der Waals surface area contributed by atoms with Crippen molar-refractivity contribution in [2.45, 2.75) is 40.7 Å². The Hall–Kier alpha value is -1.32. The molecule has 96 valence electrons. The fourth-order valence-corrected chi connectivity index (χ4v) is 1.66. The molecule has 0 aliphatic rings. The Kier molecular flexibility index (Phi) is 3.65. The summed E-state index contributed by atoms with van der Waals surface area (Å²) in [6.07, 6.45) is 1.64. The first-order valence-electron chi connectivity index (χ1n) is 5.92. The summed E-state index contributed by atoms with van der Waals surface area (Å²) in [6, 6.07) is 0.176. The lowest BCUT2D eigenvalue weighted by atomic mass is 9.87. The summed E-state index contributed by atoms with van der Waals surface area (Å²) in [6.45, 7) is 10.4. The highest BCUT2D eigenvalue weighted by atomic mass is 16.2. The molecule has 17 heavy (non-hydrogen) atoms. The van der Waals surface area contributed by atoms with Gasteiger partial charge < -0.3 is 4.90 Å². The van der Waals surface area contributed by atoms with E-state index in [1.54, 1.807) is 15.8 Å². The first-order valence-corrected chi connectivity index (χ1v) is 5.92. The summed E-state index contributed by atoms with van der Waals surface area (Å²) < 4.78 is 1.73. The van der Waals surface area contributed by atoms with Crippen molar-refractivity contribution in [3.05, 3.63) is 17.5 Å². The van der Waals surface area contributed by atoms with E-state index in [0.717, 1.165) is 5.69 Å². The van der Waals surface area contributed by atoms with Crippen LogP contribution in [0.15, 0.2) is 6.20 Å². The third-order valence-corrected chi connectivity index (χ3v) is 3.62. The predicted octanol–water partition coefficient (Wildman–Crippen LogP) is 2.24. The van der Waals surface area contributed by atoms with Crippen molar-refractivity contribution in [3.63, 3.8) is 0 Å². The third kappa shape index (κ3) is 2.68. The number of hydrogen-bond acceptors (Lipinski definition) is 2. The summed E-state index contributed by atoms with van der Waals surface area (Å²) >= 11 is 0. The van der Waals surface area contributed by atoms with Crippen LogP contribution in [-0.2, 0) is 7.05 Å². The number of aromatic nitrogens is 2. The zero-order chi connectivity index (χ0) is 13.4. The molecular formula is C13H23N3O. The highest BCUT2D eigenvalue weighted by molar-refractivity contribution is 5.95. The number of nitrogens with zero attached hydrogens (tertiary/aromatic N) is 3. The van der Waals surface area contributed by atoms with Gasteiger partial charge in [0.05, 0.1) is 11.8 Å². The van der Waals surface area contributed by atoms with Crippen molar-refractivity contribution in [2.24, 2.45) is 12.5 Å². The molecule has 0 saturated carbocycles. The summed E-state index contributed by atoms with van der Waals surface area (Å²) in [7, 11) is 3.70. The van der Waals surface area contributed by atoms with Crippen LogP contribution in [0.4, 0.5) is 0 Å². The SMILES string of the molecule is Cc1c(C(=O)N(C)C(C)C(C)(C)C)cnn1C. The molecule has 0 aliphatic carbocycles. The van der Waals surface area contributed by atoms with E-state index in [4.69, 9.17) is 0 Å². The second-order valence-electron chi connectivity index (χ2n) is 5.73. The maximum Gasteiger partial charge on any atom is 0.257 e. The molecule has 0 radical (unpaired) electrons. The number of carbonyl (C=O) groups is 1. The molecular weight excluding hydrogens is 214 g/mol. The molecule has 0 saturated heterocycles. The van der Waals surface area contributed by atoms with Gasteiger partial charge in [0.1, 0.15) is 0 Å². The lowest BCUT2D eigenvalue weighted by Crippen LogP contribution is -2.43. The monoisotopic (exact) mass is 237 g/mol. The largest absolute Gasteiger partial charge is 0.338 e. The summed E-state index contributed by atoms with van der Waals surface area (Å²) in [5.74, 6) is 0.0398. The molecule has 4 nitrogen and oxygen atoms in total. The van der Waals surface area contributed by atoms with Gasteiger partial charge in [-0.25, -0.2) is 0 Å². The average molecular weight is 237 g/mol. The summed E-state index contributed by atoms with van der Waals surface area (Å²) in [4.78, 5) is 14.1. The van der Waals surface area contributed by atoms with Gasteiger partial charge in [0, 0.05) is 25.8 Å². The zero-order valence-corrected chi connectivity index (χ0v) is 11.9. The predicted molar refractivity (Wildman–Crippen MR) is 69.0 cm³/mol. The number of rotatable bonds is 2. The van der Waals surface area contributed by atoms with E-state index in [-0.39, 0.29) is 17.4 Å². The van der Waals surface area contributed by atoms with Gasteiger partial charge in [0.15, 0.2) is 0 Å². The molecule has 4 heteroatoms. The van der Waals surface area contributed by atoms with Crippen molar-refractivity contribution in [1.29, 1.82) is 0 Å². The van der Waals surface area contributed by atoms with Crippen LogP contribution in [0.25, 0.3) is 0 Å². The second-order valence-corrected chi connectivity index (χ2v) is 5.73. The quantitative estimate of drug-likeness (QED) is 0.791. The van der Waals surface area contributed by atoms with E-state index in [1.165, 1.54) is 0 Å². The minimum atomic E-state index is 0.0398. The van der Waals surface area contributed by atoms with Crippen LogP contribution in [0.2, 0.25) is 0 Å². The Morgan fingerprint density at radius 2 is 2.00 bits per heavy atom. The number of amides is 1. The van der Waals surface area contributed by atoms with Crippen molar-refractivity contribution < 1.29 is 4.79 Å². The Morgan fingerprint density at radius 1 is 1.47 bits per heavy atom. The molecule has 0 bridgehead atoms. The highest BCUT2D eigenvalue weighted by Crippen LogP contribution is 2.24. The van der Waals surface area contributed by atoms with E-state index in [0.29, 0.717) is 5.56 Å². The summed E-state index contributed by atoms with van der Waals surface area (Å²) in [5, 5.41) is 4.11. The topological polar surface area (TPSA) is 38.1 Å². The molecule has 1 rings (SSSR count). The lowest BCUT2D eigenvalue weighted by molar-refractivity contribution is 0.0628. The molecule has 0 fully saturated rings. The Morgan fingerprint density at radius 3 is 2.35 bits per heavy atom. The van der Waals surface area contributed by atoms with Gasteiger partial charge in [-0.15, -0.1) is 0 Å². The van der Waals surface area contributed by atoms with Crippen molar-refractivity contribution in [2.75, 3.05) is 7.05 Å². The molecule has 1 unspecified atom stereocenters. The minimum Gasteiger partial charge on any atom is -0.338 e. The van der Waals surface area contributed by atoms with Gasteiger partial charge >= 0.3 is 0 Å². The highest BCUT2D eigenvalue weighted by Gasteiger charge is 2.28. The third-order valence-electron chi connectivity index (χ3n) is 3.62. The fraction of sp³-hybridized carbons (Fsp3) is 0.692. The van der Waals surface area contributed by atoms with Crippen LogP contribution >= 0.6 is 0 Å². The minimum absolute atomic E-state index is 0.0398. The van der Waals surface area contributed by atoms with Crippen LogP contribution in [0, 0.1) is 12.3 Å². The Bertz CT molecular complexity index is 415. The van der Waals surface area contributed by atoms with Crippen LogP contribution < -0.4 is 0 Å². The molecule has 1 amide bonds. The van der Waals surface area contributed by atoms with Crippen molar-refractivity contribution >= 4 is 5.91 Å². The average Bonchev–Trinajstić information content (AvgIpc) is 2.55. The normalized spacial score (nSPS) is 13.6. The van der Waals surface area contributed by atoms with Gasteiger partial charge in [-0.1, -0.05) is 20.8 Å². The van der Waals surface area contributed by atoms with Gasteiger partial charge in [-0.05, 0) is 19.3 Å². The Balaban J connectivity index is 2.95. The standard InChI is InChI=1S/C13H23N3O/c1-9-11(8-14-16(9)7)12(17)15(6)10(2)13(3,4)5/h8,10H,1-7H3. The van der Waals surface area contributed by atoms with E-state index in [9.17, 15) is 4.79 Å². The second kappa shape index (κ2) is 4.51. The molecule has 0 spiro atoms. The first-order chi connectivity index (χ1) is 7.66. The maximum absolute atomic E-state index is 12.3. The molecule has 1 aromatic heterocycles. The van der Waals surface area contributed by atoms with Crippen LogP contribution in [-0.4, -0.2) is 33.7 Å². The lowest BCUT2D eigenvalue weighted by Gasteiger charge is -2.35. The molecule has 1 atom stereocenters. The molecule has 0 N–H and O–H groups in total. The first kappa shape index (κ1) is 13.7. The molecule has 0 aliphatic heterocycles. The van der Waals surface area contributed by atoms with Crippen molar-refractivity contribution in [3.8, 4) is 0 Å². The summed E-state index contributed by atoms with van der Waals surface area (Å²) in [5.41, 5.74) is 1.66. The van der Waals surface area contributed by atoms with Gasteiger partial charge in [0.2, 0.25) is 0 Å². The van der Waals surface area contributed by atoms with Crippen LogP contribution in [0.5, 0.6) is 0 Å². The zero-order valence-electron chi connectivity index (χ0n) is 11.9. The number of hydrogen-bond donors (Lipinski definition) is 0. The van der Waals surface area contributed by atoms with Gasteiger partial charge in [-0.2, -0.15) is 5.10 Å². The van der Waals surface area contributed by atoms with E-state index < -0.39 is 0 Å². The van der Waals surface area contributed by atoms with Crippen molar-refractivity contribution in [1.82, 2.24) is 14.7 Å². The number of carbonyl (C=O) groups excluding carboxylic acids is 1. The van der Waals surface area contributed by atoms with E-state index in [1.807, 2.05) is 21.0 Å². The van der Waals surface area contributed by atoms with Gasteiger partial charge in [-0.3, -0.25) is 9.48 Å².